The maximum absolute atomic E-state index is 13.7. The number of rotatable bonds is 7. The van der Waals surface area contributed by atoms with Gasteiger partial charge < -0.3 is 19.9 Å². The highest BCUT2D eigenvalue weighted by atomic mass is 19.3. The van der Waals surface area contributed by atoms with Crippen LogP contribution in [0.3, 0.4) is 0 Å². The highest BCUT2D eigenvalue weighted by Gasteiger charge is 2.32. The number of carboxylic acid groups (broad SMARTS) is 1. The molecule has 0 saturated carbocycles. The molecule has 132 valence electrons. The summed E-state index contributed by atoms with van der Waals surface area (Å²) in [5.74, 6) is -1.41. The second-order valence-corrected chi connectivity index (χ2v) is 4.98. The molecule has 0 aliphatic heterocycles. The molecule has 0 saturated heterocycles. The number of halogens is 2. The van der Waals surface area contributed by atoms with E-state index in [0.717, 1.165) is 29.8 Å². The first-order chi connectivity index (χ1) is 11.9. The van der Waals surface area contributed by atoms with E-state index >= 15 is 0 Å². The summed E-state index contributed by atoms with van der Waals surface area (Å²) >= 11 is 0. The monoisotopic (exact) mass is 351 g/mol. The predicted molar refractivity (Wildman–Crippen MR) is 83.6 cm³/mol. The molecule has 0 spiro atoms. The Hall–Kier alpha value is -3.16. The molecule has 0 heterocycles. The molecule has 0 radical (unpaired) electrons. The number of hydrogen-bond donors (Lipinski definition) is 2. The van der Waals surface area contributed by atoms with E-state index in [1.54, 1.807) is 30.3 Å². The second-order valence-electron chi connectivity index (χ2n) is 4.98. The van der Waals surface area contributed by atoms with E-state index in [0.29, 0.717) is 0 Å². The molecule has 25 heavy (non-hydrogen) atoms. The normalized spacial score (nSPS) is 10.8. The topological polar surface area (TPSA) is 84.9 Å². The molecule has 0 aromatic heterocycles. The van der Waals surface area contributed by atoms with E-state index < -0.39 is 24.7 Å². The van der Waals surface area contributed by atoms with Gasteiger partial charge in [0.2, 0.25) is 0 Å². The van der Waals surface area contributed by atoms with Gasteiger partial charge in [-0.2, -0.15) is 8.78 Å². The zero-order chi connectivity index (χ0) is 18.3. The maximum atomic E-state index is 13.7. The quantitative estimate of drug-likeness (QED) is 0.800. The summed E-state index contributed by atoms with van der Waals surface area (Å²) in [7, 11) is 0. The summed E-state index contributed by atoms with van der Waals surface area (Å²) in [6.45, 7) is -1.14. The van der Waals surface area contributed by atoms with Gasteiger partial charge in [-0.05, 0) is 29.8 Å². The molecule has 2 aromatic rings. The number of amides is 1. The number of hydrogen-bond acceptors (Lipinski definition) is 4. The average Bonchev–Trinajstić information content (AvgIpc) is 2.59. The van der Waals surface area contributed by atoms with E-state index in [9.17, 15) is 18.4 Å². The van der Waals surface area contributed by atoms with Crippen molar-refractivity contribution < 1.29 is 33.0 Å². The Balaban J connectivity index is 1.79. The van der Waals surface area contributed by atoms with Crippen LogP contribution in [0.5, 0.6) is 5.75 Å². The van der Waals surface area contributed by atoms with E-state index in [2.05, 4.69) is 4.74 Å². The van der Waals surface area contributed by atoms with Gasteiger partial charge in [-0.1, -0.05) is 30.3 Å². The zero-order valence-electron chi connectivity index (χ0n) is 12.9. The van der Waals surface area contributed by atoms with Gasteiger partial charge in [0.1, 0.15) is 18.9 Å². The number of carbonyl (C=O) groups excluding carboxylic acids is 1. The third-order valence-electron chi connectivity index (χ3n) is 3.02. The van der Waals surface area contributed by atoms with Crippen LogP contribution < -0.4 is 10.1 Å². The van der Waals surface area contributed by atoms with Crippen LogP contribution in [-0.4, -0.2) is 29.8 Å². The lowest BCUT2D eigenvalue weighted by Gasteiger charge is -2.18. The number of alkyl halides is 2. The van der Waals surface area contributed by atoms with Crippen LogP contribution in [0.4, 0.5) is 13.6 Å². The van der Waals surface area contributed by atoms with Gasteiger partial charge >= 0.3 is 18.2 Å². The number of nitrogens with one attached hydrogen (secondary N) is 1. The van der Waals surface area contributed by atoms with Crippen LogP contribution in [-0.2, 0) is 11.3 Å². The van der Waals surface area contributed by atoms with E-state index in [4.69, 9.17) is 9.84 Å². The lowest BCUT2D eigenvalue weighted by Crippen LogP contribution is -2.40. The van der Waals surface area contributed by atoms with Gasteiger partial charge in [-0.25, -0.2) is 9.59 Å². The third kappa shape index (κ3) is 6.09. The summed E-state index contributed by atoms with van der Waals surface area (Å²) in [6.07, 6.45) is -4.69. The largest absolute Gasteiger partial charge is 0.478 e. The molecule has 2 aromatic carbocycles. The van der Waals surface area contributed by atoms with Gasteiger partial charge in [0.15, 0.2) is 0 Å². The van der Waals surface area contributed by atoms with Gasteiger partial charge in [-0.3, -0.25) is 0 Å². The fraction of sp³-hybridized carbons (Fsp3) is 0.176. The second kappa shape index (κ2) is 8.09. The van der Waals surface area contributed by atoms with Crippen molar-refractivity contribution in [1.82, 2.24) is 5.32 Å². The minimum Gasteiger partial charge on any atom is -0.478 e. The van der Waals surface area contributed by atoms with Crippen molar-refractivity contribution in [3.05, 3.63) is 65.7 Å². The Morgan fingerprint density at radius 1 is 1.04 bits per heavy atom. The molecule has 8 heteroatoms. The number of carboxylic acids is 1. The lowest BCUT2D eigenvalue weighted by atomic mass is 10.2. The molecule has 6 nitrogen and oxygen atoms in total. The van der Waals surface area contributed by atoms with Gasteiger partial charge in [-0.15, -0.1) is 0 Å². The molecule has 0 bridgehead atoms. The SMILES string of the molecule is O=C(NCC(F)(F)Oc1ccc(C(=O)O)cc1)OCc1ccccc1. The van der Waals surface area contributed by atoms with Crippen LogP contribution in [0.25, 0.3) is 0 Å². The Morgan fingerprint density at radius 3 is 2.28 bits per heavy atom. The number of alkyl carbamates (subject to hydrolysis) is 1. The molecular weight excluding hydrogens is 336 g/mol. The lowest BCUT2D eigenvalue weighted by molar-refractivity contribution is -0.170. The average molecular weight is 351 g/mol. The molecule has 2 rings (SSSR count). The van der Waals surface area contributed by atoms with E-state index in [1.807, 2.05) is 5.32 Å². The summed E-state index contributed by atoms with van der Waals surface area (Å²) in [5.41, 5.74) is 0.664. The highest BCUT2D eigenvalue weighted by molar-refractivity contribution is 5.87. The number of benzene rings is 2. The standard InChI is InChI=1S/C17H15F2NO5/c18-17(19,25-14-8-6-13(7-9-14)15(21)22)11-20-16(23)24-10-12-4-2-1-3-5-12/h1-9H,10-11H2,(H,20,23)(H,21,22). The van der Waals surface area contributed by atoms with Crippen molar-refractivity contribution in [1.29, 1.82) is 0 Å². The van der Waals surface area contributed by atoms with Gasteiger partial charge in [0.25, 0.3) is 0 Å². The number of ether oxygens (including phenoxy) is 2. The summed E-state index contributed by atoms with van der Waals surface area (Å²) < 4.78 is 36.6. The van der Waals surface area contributed by atoms with E-state index in [1.165, 1.54) is 0 Å². The fourth-order valence-electron chi connectivity index (χ4n) is 1.82. The Morgan fingerprint density at radius 2 is 1.68 bits per heavy atom. The minimum absolute atomic E-state index is 0.0459. The molecule has 0 aliphatic rings. The van der Waals surface area contributed by atoms with E-state index in [-0.39, 0.29) is 17.9 Å². The highest BCUT2D eigenvalue weighted by Crippen LogP contribution is 2.21. The van der Waals surface area contributed by atoms with Crippen molar-refractivity contribution in [2.45, 2.75) is 12.7 Å². The van der Waals surface area contributed by atoms with Crippen LogP contribution in [0.15, 0.2) is 54.6 Å². The van der Waals surface area contributed by atoms with Crippen molar-refractivity contribution in [2.24, 2.45) is 0 Å². The number of carbonyl (C=O) groups is 2. The Labute approximate surface area is 142 Å². The Bertz CT molecular complexity index is 720. The molecular formula is C17H15F2NO5. The first-order valence-electron chi connectivity index (χ1n) is 7.20. The van der Waals surface area contributed by atoms with Crippen molar-refractivity contribution in [3.8, 4) is 5.75 Å². The smallest absolute Gasteiger partial charge is 0.415 e. The first-order valence-corrected chi connectivity index (χ1v) is 7.20. The van der Waals surface area contributed by atoms with Crippen LogP contribution in [0, 0.1) is 0 Å². The summed E-state index contributed by atoms with van der Waals surface area (Å²) in [5, 5.41) is 10.6. The first kappa shape index (κ1) is 18.2. The maximum Gasteiger partial charge on any atom is 0.415 e. The molecule has 0 fully saturated rings. The summed E-state index contributed by atoms with van der Waals surface area (Å²) in [4.78, 5) is 22.1. The molecule has 2 N–H and O–H groups in total. The van der Waals surface area contributed by atoms with Gasteiger partial charge in [0, 0.05) is 0 Å². The molecule has 1 amide bonds. The van der Waals surface area contributed by atoms with Crippen LogP contribution in [0.2, 0.25) is 0 Å². The Kier molecular flexibility index (Phi) is 5.89. The molecule has 0 unspecified atom stereocenters. The molecule has 0 atom stereocenters. The molecule has 0 aliphatic carbocycles. The number of aromatic carboxylic acids is 1. The van der Waals surface area contributed by atoms with Crippen LogP contribution >= 0.6 is 0 Å². The van der Waals surface area contributed by atoms with Gasteiger partial charge in [0.05, 0.1) is 5.56 Å². The summed E-state index contributed by atoms with van der Waals surface area (Å²) in [6, 6.07) is 13.2. The fourth-order valence-corrected chi connectivity index (χ4v) is 1.82. The van der Waals surface area contributed by atoms with Crippen molar-refractivity contribution >= 4 is 12.1 Å². The zero-order valence-corrected chi connectivity index (χ0v) is 12.9. The van der Waals surface area contributed by atoms with Crippen molar-refractivity contribution in [3.63, 3.8) is 0 Å². The third-order valence-corrected chi connectivity index (χ3v) is 3.02. The predicted octanol–water partition coefficient (Wildman–Crippen LogP) is 3.28. The van der Waals surface area contributed by atoms with Crippen LogP contribution in [0.1, 0.15) is 15.9 Å². The van der Waals surface area contributed by atoms with Crippen molar-refractivity contribution in [2.75, 3.05) is 6.54 Å². The minimum atomic E-state index is -3.68.